The summed E-state index contributed by atoms with van der Waals surface area (Å²) in [6.07, 6.45) is 3.41. The fraction of sp³-hybridized carbons (Fsp3) is 0.588. The van der Waals surface area contributed by atoms with Gasteiger partial charge in [0.2, 0.25) is 15.9 Å². The van der Waals surface area contributed by atoms with Crippen LogP contribution in [0.5, 0.6) is 0 Å². The molecule has 1 amide bonds. The predicted octanol–water partition coefficient (Wildman–Crippen LogP) is 2.39. The highest BCUT2D eigenvalue weighted by Gasteiger charge is 2.33. The Hall–Kier alpha value is -1.40. The summed E-state index contributed by atoms with van der Waals surface area (Å²) in [5, 5.41) is 3.00. The summed E-state index contributed by atoms with van der Waals surface area (Å²) >= 11 is 0. The molecule has 1 aromatic rings. The molecule has 1 saturated heterocycles. The van der Waals surface area contributed by atoms with E-state index < -0.39 is 10.0 Å². The lowest BCUT2D eigenvalue weighted by atomic mass is 9.98. The average Bonchev–Trinajstić information content (AvgIpc) is 2.56. The molecule has 0 bridgehead atoms. The van der Waals surface area contributed by atoms with Crippen molar-refractivity contribution < 1.29 is 13.2 Å². The number of hydrogen-bond acceptors (Lipinski definition) is 3. The van der Waals surface area contributed by atoms with Crippen molar-refractivity contribution >= 4 is 15.9 Å². The summed E-state index contributed by atoms with van der Waals surface area (Å²) < 4.78 is 26.8. The van der Waals surface area contributed by atoms with Crippen molar-refractivity contribution in [1.29, 1.82) is 0 Å². The van der Waals surface area contributed by atoms with Crippen LogP contribution in [0.15, 0.2) is 35.2 Å². The topological polar surface area (TPSA) is 66.5 Å². The standard InChI is InChI=1S/C17H26N2O3S/c1-3-8-14(2)18-17(20)15-9-7-12-19(13-15)23(21,22)16-10-5-4-6-11-16/h4-6,10-11,14-15H,3,7-9,12-13H2,1-2H3,(H,18,20)/t14-,15+/m1/s1. The first-order valence-electron chi connectivity index (χ1n) is 8.30. The molecular formula is C17H26N2O3S. The largest absolute Gasteiger partial charge is 0.353 e. The maximum atomic E-state index is 12.7. The van der Waals surface area contributed by atoms with Gasteiger partial charge in [-0.25, -0.2) is 8.42 Å². The Kier molecular flexibility index (Phi) is 6.18. The maximum absolute atomic E-state index is 12.7. The average molecular weight is 338 g/mol. The Morgan fingerprint density at radius 3 is 2.70 bits per heavy atom. The molecule has 6 heteroatoms. The second-order valence-corrected chi connectivity index (χ2v) is 8.15. The zero-order chi connectivity index (χ0) is 16.9. The Morgan fingerprint density at radius 2 is 2.04 bits per heavy atom. The quantitative estimate of drug-likeness (QED) is 0.866. The fourth-order valence-corrected chi connectivity index (χ4v) is 4.53. The third-order valence-corrected chi connectivity index (χ3v) is 6.13. The molecule has 0 aliphatic carbocycles. The van der Waals surface area contributed by atoms with Gasteiger partial charge in [0.1, 0.15) is 0 Å². The summed E-state index contributed by atoms with van der Waals surface area (Å²) in [5.41, 5.74) is 0. The van der Waals surface area contributed by atoms with E-state index in [0.29, 0.717) is 17.9 Å². The summed E-state index contributed by atoms with van der Waals surface area (Å²) in [6, 6.07) is 8.56. The minimum atomic E-state index is -3.51. The molecule has 0 unspecified atom stereocenters. The number of nitrogens with zero attached hydrogens (tertiary/aromatic N) is 1. The number of sulfonamides is 1. The Balaban J connectivity index is 2.05. The lowest BCUT2D eigenvalue weighted by Crippen LogP contribution is -2.47. The molecule has 1 aliphatic heterocycles. The molecule has 0 radical (unpaired) electrons. The van der Waals surface area contributed by atoms with Crippen molar-refractivity contribution in [3.05, 3.63) is 30.3 Å². The maximum Gasteiger partial charge on any atom is 0.243 e. The van der Waals surface area contributed by atoms with Gasteiger partial charge in [-0.3, -0.25) is 4.79 Å². The van der Waals surface area contributed by atoms with Gasteiger partial charge in [0.25, 0.3) is 0 Å². The SMILES string of the molecule is CCC[C@@H](C)NC(=O)[C@H]1CCCN(S(=O)(=O)c2ccccc2)C1. The zero-order valence-electron chi connectivity index (χ0n) is 13.9. The van der Waals surface area contributed by atoms with E-state index in [4.69, 9.17) is 0 Å². The first-order valence-corrected chi connectivity index (χ1v) is 9.74. The van der Waals surface area contributed by atoms with E-state index in [9.17, 15) is 13.2 Å². The molecule has 0 aromatic heterocycles. The monoisotopic (exact) mass is 338 g/mol. The van der Waals surface area contributed by atoms with E-state index in [1.165, 1.54) is 4.31 Å². The van der Waals surface area contributed by atoms with E-state index in [0.717, 1.165) is 19.3 Å². The molecule has 1 fully saturated rings. The minimum absolute atomic E-state index is 0.0288. The highest BCUT2D eigenvalue weighted by atomic mass is 32.2. The van der Waals surface area contributed by atoms with E-state index in [2.05, 4.69) is 12.2 Å². The smallest absolute Gasteiger partial charge is 0.243 e. The molecule has 1 heterocycles. The number of carbonyl (C=O) groups is 1. The molecule has 128 valence electrons. The summed E-state index contributed by atoms with van der Waals surface area (Å²) in [5.74, 6) is -0.291. The van der Waals surface area contributed by atoms with E-state index in [-0.39, 0.29) is 24.4 Å². The second-order valence-electron chi connectivity index (χ2n) is 6.21. The van der Waals surface area contributed by atoms with Crippen LogP contribution in [0.3, 0.4) is 0 Å². The van der Waals surface area contributed by atoms with Gasteiger partial charge < -0.3 is 5.32 Å². The number of rotatable bonds is 6. The number of amides is 1. The van der Waals surface area contributed by atoms with Crippen LogP contribution >= 0.6 is 0 Å². The molecule has 0 saturated carbocycles. The van der Waals surface area contributed by atoms with Crippen molar-refractivity contribution in [1.82, 2.24) is 9.62 Å². The van der Waals surface area contributed by atoms with Crippen LogP contribution in [0.25, 0.3) is 0 Å². The molecule has 2 atom stereocenters. The van der Waals surface area contributed by atoms with Crippen LogP contribution in [-0.2, 0) is 14.8 Å². The molecule has 1 aliphatic rings. The minimum Gasteiger partial charge on any atom is -0.353 e. The van der Waals surface area contributed by atoms with Crippen LogP contribution in [0.1, 0.15) is 39.5 Å². The van der Waals surface area contributed by atoms with Gasteiger partial charge in [-0.1, -0.05) is 31.5 Å². The molecule has 1 N–H and O–H groups in total. The van der Waals surface area contributed by atoms with E-state index >= 15 is 0 Å². The fourth-order valence-electron chi connectivity index (χ4n) is 2.98. The van der Waals surface area contributed by atoms with Crippen molar-refractivity contribution in [2.75, 3.05) is 13.1 Å². The van der Waals surface area contributed by atoms with Gasteiger partial charge >= 0.3 is 0 Å². The molecule has 0 spiro atoms. The zero-order valence-corrected chi connectivity index (χ0v) is 14.7. The highest BCUT2D eigenvalue weighted by Crippen LogP contribution is 2.24. The van der Waals surface area contributed by atoms with E-state index in [1.54, 1.807) is 30.3 Å². The lowest BCUT2D eigenvalue weighted by molar-refractivity contribution is -0.126. The molecule has 2 rings (SSSR count). The summed E-state index contributed by atoms with van der Waals surface area (Å²) in [7, 11) is -3.51. The van der Waals surface area contributed by atoms with Crippen molar-refractivity contribution in [3.63, 3.8) is 0 Å². The van der Waals surface area contributed by atoms with Gasteiger partial charge in [0.05, 0.1) is 10.8 Å². The van der Waals surface area contributed by atoms with Crippen LogP contribution in [0, 0.1) is 5.92 Å². The van der Waals surface area contributed by atoms with Crippen molar-refractivity contribution in [2.24, 2.45) is 5.92 Å². The highest BCUT2D eigenvalue weighted by molar-refractivity contribution is 7.89. The van der Waals surface area contributed by atoms with Crippen molar-refractivity contribution in [2.45, 2.75) is 50.5 Å². The Labute approximate surface area is 139 Å². The third-order valence-electron chi connectivity index (χ3n) is 4.25. The first kappa shape index (κ1) is 17.9. The summed E-state index contributed by atoms with van der Waals surface area (Å²) in [4.78, 5) is 12.7. The number of carbonyl (C=O) groups excluding carboxylic acids is 1. The van der Waals surface area contributed by atoms with Crippen molar-refractivity contribution in [3.8, 4) is 0 Å². The van der Waals surface area contributed by atoms with Gasteiger partial charge in [0, 0.05) is 19.1 Å². The summed E-state index contributed by atoms with van der Waals surface area (Å²) in [6.45, 7) is 4.81. The molecule has 23 heavy (non-hydrogen) atoms. The van der Waals surface area contributed by atoms with Crippen LogP contribution in [-0.4, -0.2) is 37.8 Å². The Bertz CT molecular complexity index is 616. The second kappa shape index (κ2) is 7.93. The van der Waals surface area contributed by atoms with Gasteiger partial charge in [-0.15, -0.1) is 0 Å². The van der Waals surface area contributed by atoms with Gasteiger partial charge in [-0.05, 0) is 38.3 Å². The number of piperidine rings is 1. The molecule has 5 nitrogen and oxygen atoms in total. The van der Waals surface area contributed by atoms with E-state index in [1.807, 2.05) is 6.92 Å². The Morgan fingerprint density at radius 1 is 1.35 bits per heavy atom. The number of hydrogen-bond donors (Lipinski definition) is 1. The van der Waals surface area contributed by atoms with Crippen LogP contribution in [0.4, 0.5) is 0 Å². The molecule has 1 aromatic carbocycles. The predicted molar refractivity (Wildman–Crippen MR) is 90.4 cm³/mol. The third kappa shape index (κ3) is 4.54. The van der Waals surface area contributed by atoms with Crippen LogP contribution < -0.4 is 5.32 Å². The molecular weight excluding hydrogens is 312 g/mol. The lowest BCUT2D eigenvalue weighted by Gasteiger charge is -2.31. The number of nitrogens with one attached hydrogen (secondary N) is 1. The first-order chi connectivity index (χ1) is 10.9. The normalized spacial score (nSPS) is 20.9. The van der Waals surface area contributed by atoms with Gasteiger partial charge in [0.15, 0.2) is 0 Å². The van der Waals surface area contributed by atoms with Crippen LogP contribution in [0.2, 0.25) is 0 Å². The number of benzene rings is 1. The van der Waals surface area contributed by atoms with Gasteiger partial charge in [-0.2, -0.15) is 4.31 Å².